The highest BCUT2D eigenvalue weighted by atomic mass is 79.9. The van der Waals surface area contributed by atoms with Crippen molar-refractivity contribution in [1.29, 1.82) is 0 Å². The third kappa shape index (κ3) is 3.01. The van der Waals surface area contributed by atoms with Crippen LogP contribution in [0.2, 0.25) is 0 Å². The van der Waals surface area contributed by atoms with E-state index in [1.165, 1.54) is 17.4 Å². The lowest BCUT2D eigenvalue weighted by Crippen LogP contribution is -2.22. The SMILES string of the molecule is NCc1cc(S(=O)(=O)NCc2ccsc2)c(Br)o1. The molecular formula is C10H11BrN2O3S2. The quantitative estimate of drug-likeness (QED) is 0.863. The summed E-state index contributed by atoms with van der Waals surface area (Å²) < 4.78 is 31.9. The molecule has 2 aromatic heterocycles. The third-order valence-corrected chi connectivity index (χ3v) is 5.23. The van der Waals surface area contributed by atoms with Gasteiger partial charge in [-0.1, -0.05) is 0 Å². The molecule has 2 rings (SSSR count). The molecule has 2 aromatic rings. The van der Waals surface area contributed by atoms with Crippen LogP contribution in [0.5, 0.6) is 0 Å². The molecule has 0 amide bonds. The number of thiophene rings is 1. The Bertz CT molecular complexity index is 620. The lowest BCUT2D eigenvalue weighted by Gasteiger charge is -2.03. The number of halogens is 1. The van der Waals surface area contributed by atoms with Crippen molar-refractivity contribution in [2.75, 3.05) is 0 Å². The Hall–Kier alpha value is -0.670. The molecule has 0 aliphatic rings. The summed E-state index contributed by atoms with van der Waals surface area (Å²) in [6.45, 7) is 0.403. The summed E-state index contributed by atoms with van der Waals surface area (Å²) >= 11 is 4.59. The monoisotopic (exact) mass is 350 g/mol. The lowest BCUT2D eigenvalue weighted by molar-refractivity contribution is 0.483. The predicted octanol–water partition coefficient (Wildman–Crippen LogP) is 2.04. The van der Waals surface area contributed by atoms with Crippen LogP contribution < -0.4 is 10.5 Å². The van der Waals surface area contributed by atoms with Gasteiger partial charge in [0.2, 0.25) is 10.0 Å². The van der Waals surface area contributed by atoms with Crippen LogP contribution in [0.1, 0.15) is 11.3 Å². The van der Waals surface area contributed by atoms with Crippen LogP contribution in [0.15, 0.2) is 36.9 Å². The van der Waals surface area contributed by atoms with Gasteiger partial charge < -0.3 is 10.2 Å². The third-order valence-electron chi connectivity index (χ3n) is 2.24. The van der Waals surface area contributed by atoms with Crippen LogP contribution in [-0.2, 0) is 23.1 Å². The Morgan fingerprint density at radius 3 is 2.83 bits per heavy atom. The van der Waals surface area contributed by atoms with Gasteiger partial charge in [-0.05, 0) is 38.3 Å². The van der Waals surface area contributed by atoms with E-state index >= 15 is 0 Å². The molecule has 8 heteroatoms. The standard InChI is InChI=1S/C10H11BrN2O3S2/c11-10-9(3-8(4-12)16-10)18(14,15)13-5-7-1-2-17-6-7/h1-3,6,13H,4-5,12H2. The van der Waals surface area contributed by atoms with Crippen molar-refractivity contribution in [2.24, 2.45) is 5.73 Å². The maximum atomic E-state index is 12.0. The normalized spacial score (nSPS) is 11.9. The molecule has 0 saturated carbocycles. The Morgan fingerprint density at radius 1 is 1.50 bits per heavy atom. The minimum Gasteiger partial charge on any atom is -0.452 e. The fourth-order valence-corrected chi connectivity index (χ4v) is 4.01. The van der Waals surface area contributed by atoms with Gasteiger partial charge in [-0.15, -0.1) is 0 Å². The Labute approximate surface area is 117 Å². The van der Waals surface area contributed by atoms with Gasteiger partial charge in [-0.3, -0.25) is 0 Å². The summed E-state index contributed by atoms with van der Waals surface area (Å²) in [5, 5.41) is 3.78. The smallest absolute Gasteiger partial charge is 0.245 e. The van der Waals surface area contributed by atoms with E-state index in [2.05, 4.69) is 20.7 Å². The van der Waals surface area contributed by atoms with E-state index < -0.39 is 10.0 Å². The second-order valence-corrected chi connectivity index (χ2v) is 6.75. The zero-order valence-corrected chi connectivity index (χ0v) is 12.4. The summed E-state index contributed by atoms with van der Waals surface area (Å²) in [6, 6.07) is 3.28. The average molecular weight is 351 g/mol. The van der Waals surface area contributed by atoms with E-state index in [-0.39, 0.29) is 22.7 Å². The highest BCUT2D eigenvalue weighted by molar-refractivity contribution is 9.10. The molecule has 0 fully saturated rings. The molecule has 5 nitrogen and oxygen atoms in total. The van der Waals surface area contributed by atoms with Gasteiger partial charge in [0.05, 0.1) is 6.54 Å². The Kier molecular flexibility index (Phi) is 4.23. The minimum absolute atomic E-state index is 0.0678. The first-order valence-corrected chi connectivity index (χ1v) is 8.24. The first-order chi connectivity index (χ1) is 8.53. The van der Waals surface area contributed by atoms with E-state index in [1.807, 2.05) is 16.8 Å². The van der Waals surface area contributed by atoms with Crippen LogP contribution in [0, 0.1) is 0 Å². The van der Waals surface area contributed by atoms with Crippen molar-refractivity contribution >= 4 is 37.3 Å². The number of nitrogens with two attached hydrogens (primary N) is 1. The second kappa shape index (κ2) is 5.54. The predicted molar refractivity (Wildman–Crippen MR) is 72.6 cm³/mol. The highest BCUT2D eigenvalue weighted by Crippen LogP contribution is 2.26. The molecule has 98 valence electrons. The molecule has 0 aliphatic carbocycles. The fraction of sp³-hybridized carbons (Fsp3) is 0.200. The number of hydrogen-bond acceptors (Lipinski definition) is 5. The molecule has 0 spiro atoms. The summed E-state index contributed by atoms with van der Waals surface area (Å²) in [5.74, 6) is 0.415. The highest BCUT2D eigenvalue weighted by Gasteiger charge is 2.21. The fourth-order valence-electron chi connectivity index (χ4n) is 1.33. The molecule has 18 heavy (non-hydrogen) atoms. The van der Waals surface area contributed by atoms with Crippen LogP contribution in [-0.4, -0.2) is 8.42 Å². The van der Waals surface area contributed by atoms with Crippen LogP contribution in [0.25, 0.3) is 0 Å². The maximum Gasteiger partial charge on any atom is 0.245 e. The van der Waals surface area contributed by atoms with Crippen molar-refractivity contribution in [3.63, 3.8) is 0 Å². The number of nitrogens with one attached hydrogen (secondary N) is 1. The van der Waals surface area contributed by atoms with Crippen LogP contribution in [0.3, 0.4) is 0 Å². The summed E-state index contributed by atoms with van der Waals surface area (Å²) in [7, 11) is -3.60. The van der Waals surface area contributed by atoms with E-state index in [4.69, 9.17) is 10.2 Å². The molecule has 0 aliphatic heterocycles. The zero-order valence-electron chi connectivity index (χ0n) is 9.22. The van der Waals surface area contributed by atoms with Crippen LogP contribution >= 0.6 is 27.3 Å². The van der Waals surface area contributed by atoms with Gasteiger partial charge >= 0.3 is 0 Å². The topological polar surface area (TPSA) is 85.3 Å². The molecule has 0 bridgehead atoms. The molecule has 0 atom stereocenters. The van der Waals surface area contributed by atoms with Crippen molar-refractivity contribution in [3.8, 4) is 0 Å². The van der Waals surface area contributed by atoms with Crippen molar-refractivity contribution in [1.82, 2.24) is 4.72 Å². The Balaban J connectivity index is 2.17. The number of rotatable bonds is 5. The second-order valence-electron chi connectivity index (χ2n) is 3.51. The molecule has 0 aromatic carbocycles. The van der Waals surface area contributed by atoms with Gasteiger partial charge in [0.1, 0.15) is 10.7 Å². The van der Waals surface area contributed by atoms with Gasteiger partial charge in [-0.25, -0.2) is 13.1 Å². The van der Waals surface area contributed by atoms with Crippen molar-refractivity contribution < 1.29 is 12.8 Å². The van der Waals surface area contributed by atoms with E-state index in [0.29, 0.717) is 5.76 Å². The zero-order chi connectivity index (χ0) is 13.2. The maximum absolute atomic E-state index is 12.0. The Morgan fingerprint density at radius 2 is 2.28 bits per heavy atom. The largest absolute Gasteiger partial charge is 0.452 e. The van der Waals surface area contributed by atoms with Crippen molar-refractivity contribution in [2.45, 2.75) is 18.0 Å². The summed E-state index contributed by atoms with van der Waals surface area (Å²) in [5.41, 5.74) is 6.32. The first kappa shape index (κ1) is 13.8. The molecule has 2 heterocycles. The first-order valence-electron chi connectivity index (χ1n) is 5.02. The number of furan rings is 1. The van der Waals surface area contributed by atoms with E-state index in [1.54, 1.807) is 0 Å². The minimum atomic E-state index is -3.60. The molecular weight excluding hydrogens is 340 g/mol. The molecule has 0 radical (unpaired) electrons. The average Bonchev–Trinajstić information content (AvgIpc) is 2.95. The molecule has 3 N–H and O–H groups in total. The van der Waals surface area contributed by atoms with E-state index in [9.17, 15) is 8.42 Å². The van der Waals surface area contributed by atoms with Gasteiger partial charge in [0.25, 0.3) is 0 Å². The van der Waals surface area contributed by atoms with E-state index in [0.717, 1.165) is 5.56 Å². The number of sulfonamides is 1. The van der Waals surface area contributed by atoms with Crippen molar-refractivity contribution in [3.05, 3.63) is 38.9 Å². The molecule has 0 unspecified atom stereocenters. The van der Waals surface area contributed by atoms with Gasteiger partial charge in [0, 0.05) is 12.6 Å². The van der Waals surface area contributed by atoms with Gasteiger partial charge in [-0.2, -0.15) is 11.3 Å². The number of hydrogen-bond donors (Lipinski definition) is 2. The molecule has 0 saturated heterocycles. The summed E-state index contributed by atoms with van der Waals surface area (Å²) in [4.78, 5) is 0.0678. The lowest BCUT2D eigenvalue weighted by atomic mass is 10.4. The van der Waals surface area contributed by atoms with Crippen LogP contribution in [0.4, 0.5) is 0 Å². The van der Waals surface area contributed by atoms with Gasteiger partial charge in [0.15, 0.2) is 4.67 Å². The summed E-state index contributed by atoms with van der Waals surface area (Å²) in [6.07, 6.45) is 0.